The third-order valence-corrected chi connectivity index (χ3v) is 5.23. The number of pyridine rings is 1. The van der Waals surface area contributed by atoms with Gasteiger partial charge in [-0.05, 0) is 25.8 Å². The highest BCUT2D eigenvalue weighted by molar-refractivity contribution is 6.31. The molecule has 2 heterocycles. The smallest absolute Gasteiger partial charge is 0.255 e. The van der Waals surface area contributed by atoms with Crippen LogP contribution in [0.25, 0.3) is 0 Å². The van der Waals surface area contributed by atoms with Crippen molar-refractivity contribution < 1.29 is 18.7 Å². The molecule has 1 aliphatic rings. The van der Waals surface area contributed by atoms with Crippen molar-refractivity contribution in [2.45, 2.75) is 31.3 Å². The lowest BCUT2D eigenvalue weighted by atomic mass is 10.1. The summed E-state index contributed by atoms with van der Waals surface area (Å²) in [6.45, 7) is 8.72. The fraction of sp³-hybridized carbons (Fsp3) is 0.261. The number of amides is 2. The summed E-state index contributed by atoms with van der Waals surface area (Å²) in [5.41, 5.74) is -0.839. The lowest BCUT2D eigenvalue weighted by molar-refractivity contribution is -0.124. The Morgan fingerprint density at radius 2 is 1.94 bits per heavy atom. The fourth-order valence-corrected chi connectivity index (χ4v) is 3.12. The SMILES string of the molecule is C=C/C=C(/Oc1cnc(C(C)NC(=O)C2(NC(=O)c3cnc(NC)nc3)CC2)c(F)c1)C(=C)Cl. The van der Waals surface area contributed by atoms with Crippen LogP contribution in [0.2, 0.25) is 0 Å². The molecular formula is C23H24ClFN6O3. The van der Waals surface area contributed by atoms with E-state index in [9.17, 15) is 14.0 Å². The minimum absolute atomic E-state index is 0.0119. The fourth-order valence-electron chi connectivity index (χ4n) is 3.02. The summed E-state index contributed by atoms with van der Waals surface area (Å²) < 4.78 is 20.2. The average molecular weight is 487 g/mol. The largest absolute Gasteiger partial charge is 0.454 e. The maximum absolute atomic E-state index is 14.7. The number of allylic oxidation sites excluding steroid dienone is 3. The van der Waals surface area contributed by atoms with E-state index in [-0.39, 0.29) is 27.8 Å². The molecule has 0 spiro atoms. The number of hydrogen-bond acceptors (Lipinski definition) is 7. The number of anilines is 1. The first-order valence-electron chi connectivity index (χ1n) is 10.3. The van der Waals surface area contributed by atoms with Crippen LogP contribution in [0.5, 0.6) is 5.75 Å². The molecule has 0 saturated heterocycles. The highest BCUT2D eigenvalue weighted by Gasteiger charge is 2.51. The van der Waals surface area contributed by atoms with Gasteiger partial charge in [0.1, 0.15) is 17.0 Å². The summed E-state index contributed by atoms with van der Waals surface area (Å²) in [6.07, 6.45) is 7.88. The van der Waals surface area contributed by atoms with Gasteiger partial charge in [-0.3, -0.25) is 14.6 Å². The Hall–Kier alpha value is -3.79. The van der Waals surface area contributed by atoms with Gasteiger partial charge in [0, 0.05) is 25.5 Å². The Balaban J connectivity index is 1.65. The van der Waals surface area contributed by atoms with Gasteiger partial charge in [-0.25, -0.2) is 14.4 Å². The second kappa shape index (κ2) is 10.4. The summed E-state index contributed by atoms with van der Waals surface area (Å²) >= 11 is 5.85. The molecule has 2 amide bonds. The van der Waals surface area contributed by atoms with Gasteiger partial charge in [0.25, 0.3) is 5.91 Å². The lowest BCUT2D eigenvalue weighted by Crippen LogP contribution is -2.49. The van der Waals surface area contributed by atoms with Crippen LogP contribution in [0.4, 0.5) is 10.3 Å². The molecule has 1 fully saturated rings. The maximum atomic E-state index is 14.7. The molecule has 2 aromatic heterocycles. The zero-order chi connectivity index (χ0) is 24.9. The summed E-state index contributed by atoms with van der Waals surface area (Å²) in [6, 6.07) is 0.367. The van der Waals surface area contributed by atoms with Gasteiger partial charge in [0.15, 0.2) is 5.82 Å². The number of rotatable bonds is 10. The summed E-state index contributed by atoms with van der Waals surface area (Å²) in [5.74, 6) is -0.915. The van der Waals surface area contributed by atoms with Gasteiger partial charge in [0.2, 0.25) is 11.9 Å². The highest BCUT2D eigenvalue weighted by Crippen LogP contribution is 2.36. The van der Waals surface area contributed by atoms with E-state index in [1.54, 1.807) is 14.0 Å². The molecule has 3 N–H and O–H groups in total. The van der Waals surface area contributed by atoms with E-state index < -0.39 is 29.2 Å². The molecule has 0 radical (unpaired) electrons. The van der Waals surface area contributed by atoms with Crippen molar-refractivity contribution in [3.8, 4) is 5.75 Å². The van der Waals surface area contributed by atoms with E-state index in [4.69, 9.17) is 16.3 Å². The summed E-state index contributed by atoms with van der Waals surface area (Å²) in [4.78, 5) is 37.5. The predicted octanol–water partition coefficient (Wildman–Crippen LogP) is 3.39. The zero-order valence-corrected chi connectivity index (χ0v) is 19.4. The van der Waals surface area contributed by atoms with Crippen LogP contribution in [0.1, 0.15) is 41.9 Å². The van der Waals surface area contributed by atoms with Gasteiger partial charge in [0.05, 0.1) is 28.5 Å². The molecule has 178 valence electrons. The van der Waals surface area contributed by atoms with Crippen LogP contribution in [0.3, 0.4) is 0 Å². The lowest BCUT2D eigenvalue weighted by Gasteiger charge is -2.21. The second-order valence-corrected chi connectivity index (χ2v) is 8.04. The Morgan fingerprint density at radius 3 is 2.47 bits per heavy atom. The number of ether oxygens (including phenoxy) is 1. The zero-order valence-electron chi connectivity index (χ0n) is 18.7. The van der Waals surface area contributed by atoms with Crippen LogP contribution in [0.15, 0.2) is 60.8 Å². The molecular weight excluding hydrogens is 463 g/mol. The molecule has 1 unspecified atom stereocenters. The average Bonchev–Trinajstić information content (AvgIpc) is 3.59. The number of nitrogens with one attached hydrogen (secondary N) is 3. The van der Waals surface area contributed by atoms with Gasteiger partial charge in [-0.1, -0.05) is 30.8 Å². The first-order valence-corrected chi connectivity index (χ1v) is 10.7. The Labute approximate surface area is 201 Å². The Morgan fingerprint density at radius 1 is 1.26 bits per heavy atom. The Bertz CT molecular complexity index is 1150. The van der Waals surface area contributed by atoms with Crippen molar-refractivity contribution in [2.75, 3.05) is 12.4 Å². The molecule has 0 bridgehead atoms. The minimum Gasteiger partial charge on any atom is -0.454 e. The van der Waals surface area contributed by atoms with Crippen molar-refractivity contribution in [2.24, 2.45) is 0 Å². The third kappa shape index (κ3) is 5.76. The topological polar surface area (TPSA) is 118 Å². The molecule has 0 aromatic carbocycles. The molecule has 3 rings (SSSR count). The second-order valence-electron chi connectivity index (χ2n) is 7.59. The number of carbonyl (C=O) groups is 2. The van der Waals surface area contributed by atoms with Crippen molar-refractivity contribution >= 4 is 29.4 Å². The molecule has 9 nitrogen and oxygen atoms in total. The Kier molecular flexibility index (Phi) is 7.62. The highest BCUT2D eigenvalue weighted by atomic mass is 35.5. The van der Waals surface area contributed by atoms with Crippen LogP contribution >= 0.6 is 11.6 Å². The number of nitrogens with zero attached hydrogens (tertiary/aromatic N) is 3. The summed E-state index contributed by atoms with van der Waals surface area (Å²) in [5, 5.41) is 8.32. The van der Waals surface area contributed by atoms with E-state index in [0.29, 0.717) is 18.8 Å². The monoisotopic (exact) mass is 486 g/mol. The van der Waals surface area contributed by atoms with Crippen LogP contribution in [-0.2, 0) is 4.79 Å². The third-order valence-electron chi connectivity index (χ3n) is 5.04. The first-order chi connectivity index (χ1) is 16.2. The van der Waals surface area contributed by atoms with Crippen molar-refractivity contribution in [3.05, 3.63) is 77.8 Å². The molecule has 1 atom stereocenters. The standard InChI is InChI=1S/C23H24ClFN6O3/c1-5-6-18(13(2)24)34-16-9-17(25)19(27-12-16)14(3)30-21(33)23(7-8-23)31-20(32)15-10-28-22(26-4)29-11-15/h5-6,9-12,14H,1-2,7-8H2,3-4H3,(H,30,33)(H,31,32)(H,26,28,29)/b18-6+. The van der Waals surface area contributed by atoms with E-state index in [2.05, 4.69) is 44.1 Å². The number of halogens is 2. The normalized spacial score (nSPS) is 15.0. The molecule has 1 saturated carbocycles. The van der Waals surface area contributed by atoms with E-state index >= 15 is 0 Å². The molecule has 0 aliphatic heterocycles. The van der Waals surface area contributed by atoms with Crippen LogP contribution < -0.4 is 20.7 Å². The van der Waals surface area contributed by atoms with E-state index in [1.807, 2.05) is 0 Å². The van der Waals surface area contributed by atoms with Gasteiger partial charge >= 0.3 is 0 Å². The van der Waals surface area contributed by atoms with Gasteiger partial charge in [-0.2, -0.15) is 0 Å². The van der Waals surface area contributed by atoms with Crippen LogP contribution in [-0.4, -0.2) is 39.4 Å². The summed E-state index contributed by atoms with van der Waals surface area (Å²) in [7, 11) is 1.66. The van der Waals surface area contributed by atoms with Crippen molar-refractivity contribution in [1.82, 2.24) is 25.6 Å². The van der Waals surface area contributed by atoms with E-state index in [0.717, 1.165) is 6.07 Å². The van der Waals surface area contributed by atoms with Crippen LogP contribution in [0, 0.1) is 5.82 Å². The number of aromatic nitrogens is 3. The van der Waals surface area contributed by atoms with E-state index in [1.165, 1.54) is 30.7 Å². The quantitative estimate of drug-likeness (QED) is 0.348. The minimum atomic E-state index is -1.07. The molecule has 1 aliphatic carbocycles. The molecule has 34 heavy (non-hydrogen) atoms. The number of carbonyl (C=O) groups excluding carboxylic acids is 2. The molecule has 11 heteroatoms. The van der Waals surface area contributed by atoms with Crippen molar-refractivity contribution in [3.63, 3.8) is 0 Å². The maximum Gasteiger partial charge on any atom is 0.255 e. The van der Waals surface area contributed by atoms with Crippen molar-refractivity contribution in [1.29, 1.82) is 0 Å². The van der Waals surface area contributed by atoms with Gasteiger partial charge in [-0.15, -0.1) is 0 Å². The number of hydrogen-bond donors (Lipinski definition) is 3. The van der Waals surface area contributed by atoms with Gasteiger partial charge < -0.3 is 20.7 Å². The molecule has 2 aromatic rings. The first kappa shape index (κ1) is 24.8. The predicted molar refractivity (Wildman–Crippen MR) is 126 cm³/mol.